The van der Waals surface area contributed by atoms with Gasteiger partial charge in [0, 0.05) is 25.2 Å². The van der Waals surface area contributed by atoms with Crippen LogP contribution in [0.2, 0.25) is 0 Å². The largest absolute Gasteiger partial charge is 0.329 e. The van der Waals surface area contributed by atoms with E-state index in [1.165, 1.54) is 38.9 Å². The number of likely N-dealkylation sites (N-methyl/N-ethyl adjacent to an activating group) is 1. The summed E-state index contributed by atoms with van der Waals surface area (Å²) in [6.45, 7) is 8.76. The fourth-order valence-electron chi connectivity index (χ4n) is 2.52. The van der Waals surface area contributed by atoms with Crippen LogP contribution in [0.15, 0.2) is 0 Å². The lowest BCUT2D eigenvalue weighted by atomic mass is 9.87. The van der Waals surface area contributed by atoms with E-state index in [4.69, 9.17) is 5.73 Å². The molecule has 1 heterocycles. The minimum atomic E-state index is 0.195. The zero-order chi connectivity index (χ0) is 12.7. The SMILES string of the molecule is CCCN1CCC(CN)(NCCN(C)C)CC1. The lowest BCUT2D eigenvalue weighted by Crippen LogP contribution is -2.58. The summed E-state index contributed by atoms with van der Waals surface area (Å²) >= 11 is 0. The van der Waals surface area contributed by atoms with Crippen molar-refractivity contribution in [1.29, 1.82) is 0 Å². The average molecular weight is 242 g/mol. The van der Waals surface area contributed by atoms with Gasteiger partial charge in [0.05, 0.1) is 0 Å². The molecule has 0 amide bonds. The smallest absolute Gasteiger partial charge is 0.0328 e. The number of likely N-dealkylation sites (tertiary alicyclic amines) is 1. The second kappa shape index (κ2) is 7.31. The van der Waals surface area contributed by atoms with Crippen LogP contribution in [0.5, 0.6) is 0 Å². The van der Waals surface area contributed by atoms with E-state index < -0.39 is 0 Å². The van der Waals surface area contributed by atoms with Crippen LogP contribution in [0, 0.1) is 0 Å². The van der Waals surface area contributed by atoms with E-state index in [2.05, 4.69) is 36.1 Å². The first-order valence-corrected chi connectivity index (χ1v) is 6.94. The molecule has 0 aliphatic carbocycles. The third-order valence-electron chi connectivity index (χ3n) is 3.80. The normalized spacial score (nSPS) is 21.0. The molecule has 0 radical (unpaired) electrons. The van der Waals surface area contributed by atoms with Crippen molar-refractivity contribution in [2.45, 2.75) is 31.7 Å². The first-order valence-electron chi connectivity index (χ1n) is 6.94. The number of hydrogen-bond acceptors (Lipinski definition) is 4. The highest BCUT2D eigenvalue weighted by atomic mass is 15.2. The number of piperidine rings is 1. The molecule has 1 saturated heterocycles. The van der Waals surface area contributed by atoms with E-state index in [9.17, 15) is 0 Å². The van der Waals surface area contributed by atoms with Crippen molar-refractivity contribution in [3.05, 3.63) is 0 Å². The third-order valence-corrected chi connectivity index (χ3v) is 3.80. The molecule has 4 nitrogen and oxygen atoms in total. The lowest BCUT2D eigenvalue weighted by molar-refractivity contribution is 0.137. The summed E-state index contributed by atoms with van der Waals surface area (Å²) in [5.41, 5.74) is 6.17. The summed E-state index contributed by atoms with van der Waals surface area (Å²) in [7, 11) is 4.22. The van der Waals surface area contributed by atoms with Crippen LogP contribution < -0.4 is 11.1 Å². The van der Waals surface area contributed by atoms with Gasteiger partial charge in [-0.15, -0.1) is 0 Å². The van der Waals surface area contributed by atoms with Gasteiger partial charge in [0.25, 0.3) is 0 Å². The molecule has 0 atom stereocenters. The maximum Gasteiger partial charge on any atom is 0.0328 e. The quantitative estimate of drug-likeness (QED) is 0.676. The maximum atomic E-state index is 5.98. The number of nitrogens with two attached hydrogens (primary N) is 1. The third kappa shape index (κ3) is 4.92. The topological polar surface area (TPSA) is 44.5 Å². The molecule has 1 fully saturated rings. The number of rotatable bonds is 7. The van der Waals surface area contributed by atoms with Crippen molar-refractivity contribution in [3.8, 4) is 0 Å². The van der Waals surface area contributed by atoms with E-state index in [0.717, 1.165) is 19.6 Å². The first kappa shape index (κ1) is 14.9. The molecule has 0 aromatic rings. The van der Waals surface area contributed by atoms with Crippen LogP contribution >= 0.6 is 0 Å². The number of nitrogens with zero attached hydrogens (tertiary/aromatic N) is 2. The van der Waals surface area contributed by atoms with E-state index in [1.807, 2.05) is 0 Å². The molecule has 17 heavy (non-hydrogen) atoms. The van der Waals surface area contributed by atoms with E-state index in [1.54, 1.807) is 0 Å². The summed E-state index contributed by atoms with van der Waals surface area (Å²) in [5.74, 6) is 0. The second-order valence-corrected chi connectivity index (χ2v) is 5.56. The molecule has 0 saturated carbocycles. The Morgan fingerprint density at radius 2 is 1.94 bits per heavy atom. The van der Waals surface area contributed by atoms with E-state index in [-0.39, 0.29) is 5.54 Å². The summed E-state index contributed by atoms with van der Waals surface area (Å²) in [5, 5.41) is 3.69. The number of hydrogen-bond donors (Lipinski definition) is 2. The Balaban J connectivity index is 2.33. The van der Waals surface area contributed by atoms with Gasteiger partial charge in [-0.25, -0.2) is 0 Å². The first-order chi connectivity index (χ1) is 8.12. The molecule has 0 aromatic heterocycles. The van der Waals surface area contributed by atoms with Crippen LogP contribution in [0.1, 0.15) is 26.2 Å². The highest BCUT2D eigenvalue weighted by Crippen LogP contribution is 2.21. The molecule has 0 unspecified atom stereocenters. The van der Waals surface area contributed by atoms with Gasteiger partial charge in [-0.3, -0.25) is 0 Å². The molecule has 1 rings (SSSR count). The molecule has 0 spiro atoms. The van der Waals surface area contributed by atoms with Crippen molar-refractivity contribution < 1.29 is 0 Å². The van der Waals surface area contributed by atoms with Crippen LogP contribution in [-0.2, 0) is 0 Å². The van der Waals surface area contributed by atoms with Gasteiger partial charge < -0.3 is 20.9 Å². The van der Waals surface area contributed by atoms with Gasteiger partial charge in [-0.1, -0.05) is 6.92 Å². The van der Waals surface area contributed by atoms with Crippen LogP contribution in [0.4, 0.5) is 0 Å². The predicted molar refractivity (Wildman–Crippen MR) is 74.3 cm³/mol. The zero-order valence-electron chi connectivity index (χ0n) is 11.8. The molecule has 0 aromatic carbocycles. The van der Waals surface area contributed by atoms with Gasteiger partial charge in [0.15, 0.2) is 0 Å². The minimum Gasteiger partial charge on any atom is -0.329 e. The van der Waals surface area contributed by atoms with Crippen molar-refractivity contribution in [3.63, 3.8) is 0 Å². The highest BCUT2D eigenvalue weighted by Gasteiger charge is 2.32. The van der Waals surface area contributed by atoms with Gasteiger partial charge in [0.2, 0.25) is 0 Å². The molecular weight excluding hydrogens is 212 g/mol. The fourth-order valence-corrected chi connectivity index (χ4v) is 2.52. The van der Waals surface area contributed by atoms with Crippen molar-refractivity contribution in [2.24, 2.45) is 5.73 Å². The van der Waals surface area contributed by atoms with Gasteiger partial charge in [0.1, 0.15) is 0 Å². The molecule has 102 valence electrons. The summed E-state index contributed by atoms with van der Waals surface area (Å²) in [6, 6.07) is 0. The monoisotopic (exact) mass is 242 g/mol. The summed E-state index contributed by atoms with van der Waals surface area (Å²) < 4.78 is 0. The Hall–Kier alpha value is -0.160. The Morgan fingerprint density at radius 1 is 1.29 bits per heavy atom. The molecule has 4 heteroatoms. The molecule has 1 aliphatic heterocycles. The van der Waals surface area contributed by atoms with Gasteiger partial charge in [-0.05, 0) is 53.0 Å². The average Bonchev–Trinajstić information content (AvgIpc) is 2.31. The summed E-state index contributed by atoms with van der Waals surface area (Å²) in [6.07, 6.45) is 3.64. The van der Waals surface area contributed by atoms with Crippen LogP contribution in [0.25, 0.3) is 0 Å². The molecular formula is C13H30N4. The van der Waals surface area contributed by atoms with Crippen molar-refractivity contribution in [2.75, 3.05) is 53.4 Å². The zero-order valence-corrected chi connectivity index (χ0v) is 11.8. The Labute approximate surface area is 107 Å². The van der Waals surface area contributed by atoms with E-state index >= 15 is 0 Å². The minimum absolute atomic E-state index is 0.195. The Kier molecular flexibility index (Phi) is 6.41. The lowest BCUT2D eigenvalue weighted by Gasteiger charge is -2.42. The van der Waals surface area contributed by atoms with Gasteiger partial charge >= 0.3 is 0 Å². The highest BCUT2D eigenvalue weighted by molar-refractivity contribution is 4.94. The second-order valence-electron chi connectivity index (χ2n) is 5.56. The summed E-state index contributed by atoms with van der Waals surface area (Å²) in [4.78, 5) is 4.77. The maximum absolute atomic E-state index is 5.98. The van der Waals surface area contributed by atoms with Crippen molar-refractivity contribution >= 4 is 0 Å². The van der Waals surface area contributed by atoms with Crippen molar-refractivity contribution in [1.82, 2.24) is 15.1 Å². The molecule has 1 aliphatic rings. The predicted octanol–water partition coefficient (Wildman–Crippen LogP) is 0.341. The number of nitrogens with one attached hydrogen (secondary N) is 1. The molecule has 3 N–H and O–H groups in total. The Morgan fingerprint density at radius 3 is 2.41 bits per heavy atom. The fraction of sp³-hybridized carbons (Fsp3) is 1.00. The van der Waals surface area contributed by atoms with E-state index in [0.29, 0.717) is 0 Å². The van der Waals surface area contributed by atoms with Gasteiger partial charge in [-0.2, -0.15) is 0 Å². The standard InChI is InChI=1S/C13H30N4/c1-4-8-17-9-5-13(12-14,6-10-17)15-7-11-16(2)3/h15H,4-12,14H2,1-3H3. The van der Waals surface area contributed by atoms with Crippen LogP contribution in [-0.4, -0.2) is 68.7 Å². The Bertz CT molecular complexity index is 198. The van der Waals surface area contributed by atoms with Crippen LogP contribution in [0.3, 0.4) is 0 Å². The molecule has 0 bridgehead atoms.